The number of rotatable bonds is 2. The van der Waals surface area contributed by atoms with Gasteiger partial charge in [-0.25, -0.2) is 4.98 Å². The minimum atomic E-state index is -4.33. The van der Waals surface area contributed by atoms with Gasteiger partial charge in [0.15, 0.2) is 5.69 Å². The molecule has 1 nitrogen and oxygen atoms in total. The van der Waals surface area contributed by atoms with E-state index in [2.05, 4.69) is 4.98 Å². The Kier molecular flexibility index (Phi) is 3.31. The lowest BCUT2D eigenvalue weighted by Gasteiger charge is -2.00. The standard InChI is InChI=1S/C9H10F3NS/c1-3-6(4-2)8-13-7(5-14-8)9(10,11)12/h3,5H,4H2,1-2H3. The van der Waals surface area contributed by atoms with Gasteiger partial charge in [-0.15, -0.1) is 11.3 Å². The maximum Gasteiger partial charge on any atom is 0.434 e. The molecule has 0 aliphatic rings. The Hall–Kier alpha value is -0.840. The van der Waals surface area contributed by atoms with Crippen LogP contribution in [0.1, 0.15) is 31.0 Å². The molecule has 1 aromatic heterocycles. The third-order valence-electron chi connectivity index (χ3n) is 1.80. The first-order valence-electron chi connectivity index (χ1n) is 4.17. The lowest BCUT2D eigenvalue weighted by molar-refractivity contribution is -0.140. The maximum atomic E-state index is 12.2. The number of thiazole rings is 1. The summed E-state index contributed by atoms with van der Waals surface area (Å²) in [5.74, 6) is 0. The van der Waals surface area contributed by atoms with Crippen molar-refractivity contribution in [2.45, 2.75) is 26.4 Å². The molecule has 78 valence electrons. The van der Waals surface area contributed by atoms with Gasteiger partial charge in [-0.2, -0.15) is 13.2 Å². The fourth-order valence-electron chi connectivity index (χ4n) is 1.03. The van der Waals surface area contributed by atoms with Gasteiger partial charge in [-0.05, 0) is 18.9 Å². The van der Waals surface area contributed by atoms with Crippen LogP contribution in [0, 0.1) is 0 Å². The average molecular weight is 221 g/mol. The van der Waals surface area contributed by atoms with Gasteiger partial charge >= 0.3 is 6.18 Å². The molecule has 0 N–H and O–H groups in total. The second-order valence-electron chi connectivity index (χ2n) is 2.70. The van der Waals surface area contributed by atoms with E-state index in [-0.39, 0.29) is 0 Å². The van der Waals surface area contributed by atoms with Gasteiger partial charge in [0.25, 0.3) is 0 Å². The molecular weight excluding hydrogens is 211 g/mol. The van der Waals surface area contributed by atoms with Crippen molar-refractivity contribution in [3.05, 3.63) is 22.2 Å². The second-order valence-corrected chi connectivity index (χ2v) is 3.56. The van der Waals surface area contributed by atoms with Crippen LogP contribution in [-0.4, -0.2) is 4.98 Å². The summed E-state index contributed by atoms with van der Waals surface area (Å²) >= 11 is 1.03. The van der Waals surface area contributed by atoms with Gasteiger partial charge in [0.1, 0.15) is 5.01 Å². The highest BCUT2D eigenvalue weighted by molar-refractivity contribution is 7.10. The van der Waals surface area contributed by atoms with Crippen LogP contribution in [0.4, 0.5) is 13.2 Å². The van der Waals surface area contributed by atoms with Crippen LogP contribution in [0.3, 0.4) is 0 Å². The van der Waals surface area contributed by atoms with Crippen molar-refractivity contribution in [2.24, 2.45) is 0 Å². The van der Waals surface area contributed by atoms with Crippen LogP contribution >= 0.6 is 11.3 Å². The lowest BCUT2D eigenvalue weighted by atomic mass is 10.2. The van der Waals surface area contributed by atoms with E-state index in [1.807, 2.05) is 6.92 Å². The van der Waals surface area contributed by atoms with Crippen molar-refractivity contribution in [3.63, 3.8) is 0 Å². The monoisotopic (exact) mass is 221 g/mol. The number of nitrogens with zero attached hydrogens (tertiary/aromatic N) is 1. The number of aromatic nitrogens is 1. The van der Waals surface area contributed by atoms with Crippen LogP contribution in [0.25, 0.3) is 5.57 Å². The lowest BCUT2D eigenvalue weighted by Crippen LogP contribution is -2.05. The molecule has 0 spiro atoms. The number of hydrogen-bond donors (Lipinski definition) is 0. The molecule has 1 heterocycles. The van der Waals surface area contributed by atoms with Crippen molar-refractivity contribution < 1.29 is 13.2 Å². The molecule has 0 saturated heterocycles. The van der Waals surface area contributed by atoms with Crippen LogP contribution in [-0.2, 0) is 6.18 Å². The highest BCUT2D eigenvalue weighted by Crippen LogP contribution is 2.32. The van der Waals surface area contributed by atoms with Crippen molar-refractivity contribution in [2.75, 3.05) is 0 Å². The van der Waals surface area contributed by atoms with Gasteiger partial charge < -0.3 is 0 Å². The minimum Gasteiger partial charge on any atom is -0.232 e. The first-order chi connectivity index (χ1) is 6.49. The van der Waals surface area contributed by atoms with Crippen molar-refractivity contribution in [1.82, 2.24) is 4.98 Å². The Morgan fingerprint density at radius 1 is 1.57 bits per heavy atom. The SMILES string of the molecule is CC=C(CC)c1nc(C(F)(F)F)cs1. The summed E-state index contributed by atoms with van der Waals surface area (Å²) in [6.45, 7) is 3.69. The predicted molar refractivity (Wildman–Crippen MR) is 51.1 cm³/mol. The van der Waals surface area contributed by atoms with E-state index < -0.39 is 11.9 Å². The normalized spacial score (nSPS) is 13.4. The molecule has 0 aromatic carbocycles. The zero-order valence-corrected chi connectivity index (χ0v) is 8.67. The smallest absolute Gasteiger partial charge is 0.232 e. The van der Waals surface area contributed by atoms with Crippen LogP contribution < -0.4 is 0 Å². The van der Waals surface area contributed by atoms with E-state index in [1.54, 1.807) is 13.0 Å². The minimum absolute atomic E-state index is 0.460. The Bertz CT molecular complexity index is 338. The van der Waals surface area contributed by atoms with Gasteiger partial charge in [0, 0.05) is 5.38 Å². The predicted octanol–water partition coefficient (Wildman–Crippen LogP) is 3.98. The third-order valence-corrected chi connectivity index (χ3v) is 2.72. The number of halogens is 3. The summed E-state index contributed by atoms with van der Waals surface area (Å²) in [6.07, 6.45) is -1.85. The summed E-state index contributed by atoms with van der Waals surface area (Å²) in [4.78, 5) is 3.55. The Labute approximate surface area is 84.3 Å². The molecule has 0 aliphatic carbocycles. The second kappa shape index (κ2) is 4.13. The highest BCUT2D eigenvalue weighted by Gasteiger charge is 2.33. The van der Waals surface area contributed by atoms with Gasteiger partial charge in [-0.1, -0.05) is 13.0 Å². The summed E-state index contributed by atoms with van der Waals surface area (Å²) in [6, 6.07) is 0. The largest absolute Gasteiger partial charge is 0.434 e. The summed E-state index contributed by atoms with van der Waals surface area (Å²) in [5, 5.41) is 1.51. The molecule has 1 aromatic rings. The highest BCUT2D eigenvalue weighted by atomic mass is 32.1. The molecule has 0 bridgehead atoms. The molecular formula is C9H10F3NS. The molecule has 0 atom stereocenters. The Morgan fingerprint density at radius 2 is 2.21 bits per heavy atom. The van der Waals surface area contributed by atoms with E-state index in [9.17, 15) is 13.2 Å². The molecule has 0 unspecified atom stereocenters. The van der Waals surface area contributed by atoms with Crippen LogP contribution in [0.5, 0.6) is 0 Å². The zero-order valence-electron chi connectivity index (χ0n) is 7.85. The molecule has 0 fully saturated rings. The number of allylic oxidation sites excluding steroid dienone is 2. The van der Waals surface area contributed by atoms with E-state index in [1.165, 1.54) is 0 Å². The van der Waals surface area contributed by atoms with E-state index in [4.69, 9.17) is 0 Å². The molecule has 14 heavy (non-hydrogen) atoms. The molecule has 0 radical (unpaired) electrons. The Balaban J connectivity index is 2.99. The van der Waals surface area contributed by atoms with Gasteiger partial charge in [-0.3, -0.25) is 0 Å². The van der Waals surface area contributed by atoms with Gasteiger partial charge in [0.2, 0.25) is 0 Å². The fourth-order valence-corrected chi connectivity index (χ4v) is 2.00. The molecule has 0 aliphatic heterocycles. The Morgan fingerprint density at radius 3 is 2.57 bits per heavy atom. The summed E-state index contributed by atoms with van der Waals surface area (Å²) in [5.41, 5.74) is 0.0517. The van der Waals surface area contributed by atoms with E-state index in [0.717, 1.165) is 22.3 Å². The molecule has 5 heteroatoms. The molecule has 0 saturated carbocycles. The average Bonchev–Trinajstić information content (AvgIpc) is 2.54. The third kappa shape index (κ3) is 2.35. The fraction of sp³-hybridized carbons (Fsp3) is 0.444. The van der Waals surface area contributed by atoms with E-state index in [0.29, 0.717) is 11.4 Å². The van der Waals surface area contributed by atoms with Crippen LogP contribution in [0.15, 0.2) is 11.5 Å². The van der Waals surface area contributed by atoms with Crippen LogP contribution in [0.2, 0.25) is 0 Å². The summed E-state index contributed by atoms with van der Waals surface area (Å²) in [7, 11) is 0. The van der Waals surface area contributed by atoms with Crippen molar-refractivity contribution in [3.8, 4) is 0 Å². The quantitative estimate of drug-likeness (QED) is 0.736. The molecule has 1 rings (SSSR count). The summed E-state index contributed by atoms with van der Waals surface area (Å²) < 4.78 is 36.6. The molecule has 0 amide bonds. The van der Waals surface area contributed by atoms with Crippen molar-refractivity contribution >= 4 is 16.9 Å². The first-order valence-corrected chi connectivity index (χ1v) is 5.05. The maximum absolute atomic E-state index is 12.2. The van der Waals surface area contributed by atoms with Crippen molar-refractivity contribution in [1.29, 1.82) is 0 Å². The van der Waals surface area contributed by atoms with Gasteiger partial charge in [0.05, 0.1) is 0 Å². The zero-order chi connectivity index (χ0) is 10.8. The van der Waals surface area contributed by atoms with E-state index >= 15 is 0 Å². The first kappa shape index (κ1) is 11.2. The number of alkyl halides is 3. The topological polar surface area (TPSA) is 12.9 Å². The number of hydrogen-bond acceptors (Lipinski definition) is 2.